The average molecular weight is 1930 g/mol. The maximum absolute atomic E-state index is 12.9. The van der Waals surface area contributed by atoms with Crippen LogP contribution in [0.15, 0.2) is 98.9 Å². The summed E-state index contributed by atoms with van der Waals surface area (Å²) >= 11 is 10.2. The molecule has 0 radical (unpaired) electrons. The van der Waals surface area contributed by atoms with Crippen LogP contribution in [0, 0.1) is 0 Å². The number of halogens is 3. The van der Waals surface area contributed by atoms with Crippen LogP contribution in [0.1, 0.15) is 187 Å². The van der Waals surface area contributed by atoms with Gasteiger partial charge in [0.2, 0.25) is 17.7 Å². The first-order chi connectivity index (χ1) is 58.4. The van der Waals surface area contributed by atoms with E-state index in [1.807, 2.05) is 67.6 Å². The first-order valence-corrected chi connectivity index (χ1v) is 43.1. The molecule has 0 spiro atoms. The topological polar surface area (TPSA) is 546 Å². The van der Waals surface area contributed by atoms with Gasteiger partial charge >= 0.3 is 47.9 Å². The van der Waals surface area contributed by atoms with Gasteiger partial charge in [0.1, 0.15) is 44.3 Å². The highest BCUT2D eigenvalue weighted by Crippen LogP contribution is 2.18. The molecule has 688 valence electrons. The van der Waals surface area contributed by atoms with Crippen molar-refractivity contribution in [3.05, 3.63) is 116 Å². The normalized spacial score (nSPS) is 12.0. The first kappa shape index (κ1) is 114. The van der Waals surface area contributed by atoms with E-state index >= 15 is 0 Å². The van der Waals surface area contributed by atoms with Gasteiger partial charge in [0.25, 0.3) is 0 Å². The quantitative estimate of drug-likeness (QED) is 0.0144. The van der Waals surface area contributed by atoms with E-state index in [2.05, 4.69) is 109 Å². The van der Waals surface area contributed by atoms with Crippen molar-refractivity contribution in [1.82, 2.24) is 52.3 Å². The zero-order valence-electron chi connectivity index (χ0n) is 71.3. The van der Waals surface area contributed by atoms with Gasteiger partial charge in [0.05, 0.1) is 30.7 Å². The van der Waals surface area contributed by atoms with E-state index in [0.29, 0.717) is 116 Å². The summed E-state index contributed by atoms with van der Waals surface area (Å²) in [4.78, 5) is 190. The van der Waals surface area contributed by atoms with Gasteiger partial charge in [-0.2, -0.15) is 0 Å². The fourth-order valence-corrected chi connectivity index (χ4v) is 11.8. The molecular weight excluding hydrogens is 1800 g/mol. The Morgan fingerprint density at radius 2 is 0.829 bits per heavy atom. The third-order valence-corrected chi connectivity index (χ3v) is 19.4. The third kappa shape index (κ3) is 60.7. The molecule has 0 saturated heterocycles. The number of urea groups is 3. The van der Waals surface area contributed by atoms with Crippen LogP contribution in [0.3, 0.4) is 0 Å². The zero-order chi connectivity index (χ0) is 92.5. The van der Waals surface area contributed by atoms with E-state index < -0.39 is 84.6 Å². The highest BCUT2D eigenvalue weighted by Gasteiger charge is 2.28. The van der Waals surface area contributed by atoms with Gasteiger partial charge in [0, 0.05) is 91.8 Å². The zero-order valence-corrected chi connectivity index (χ0v) is 76.0. The van der Waals surface area contributed by atoms with E-state index in [1.54, 1.807) is 9.80 Å². The number of nitrogens with zero attached hydrogens (tertiary/aromatic N) is 2. The van der Waals surface area contributed by atoms with Crippen LogP contribution in [0.25, 0.3) is 0 Å². The number of unbranched alkanes of at least 4 members (excludes halogenated alkanes) is 4. The molecule has 16 N–H and O–H groups in total. The number of carboxylic acid groups (broad SMARTS) is 4. The van der Waals surface area contributed by atoms with Gasteiger partial charge in [-0.05, 0) is 204 Å². The Kier molecular flexibility index (Phi) is 64.5. The standard InChI is InChI=1S/C26H38BrN5O10.C26H41BrN4O5.C22H32BrN3O4.C10H16O5/c27-18-7-5-17(6-8-18)15-32(22(34)16-42-13-3-11-29-21(33)14-28)12-2-1-4-19(24(37)38)30-26(41)31-20(25(39)40)9-10-23(35)36;1-4-8-23(19(2)32)29-26(35)30-24(20(3)33)9-5-6-15-31(25(34)18-36-16-7-14-28)17-21-10-12-22(27)13-11-21;1-15(27)7-12-21(17(3)29)26-22(30)25-20(16(2)28)6-4-5-13-24-14-18-8-10-19(23)11-9-18;1-2-6-15-10(13)5-3-4-7-14-8-9(11)12/h5-8,19-20H,1-4,9-16,28H2,(H,29,33)(H,35,36)(H,37,38)(H,39,40)(H2,30,31,41);10-13,23-24H,4-9,14-18,28H2,1-3H3,(H2,29,30,35);8-11,20-21,24H,4-7,12-14H2,1-3H3,(H2,25,26,30);2H,1,3-8H2,(H,11,12)/t19-,20-;23-,24-;20-,21-;/m000./s1. The number of benzene rings is 3. The predicted molar refractivity (Wildman–Crippen MR) is 469 cm³/mol. The lowest BCUT2D eigenvalue weighted by Gasteiger charge is -2.24. The lowest BCUT2D eigenvalue weighted by atomic mass is 10.1. The van der Waals surface area contributed by atoms with E-state index in [1.165, 1.54) is 46.3 Å². The van der Waals surface area contributed by atoms with Crippen LogP contribution in [0.4, 0.5) is 14.4 Å². The highest BCUT2D eigenvalue weighted by atomic mass is 79.9. The minimum atomic E-state index is -1.50. The number of nitrogens with two attached hydrogens (primary N) is 2. The maximum Gasteiger partial charge on any atom is 0.329 e. The first-order valence-electron chi connectivity index (χ1n) is 40.7. The van der Waals surface area contributed by atoms with Crippen molar-refractivity contribution in [3.8, 4) is 0 Å². The maximum atomic E-state index is 12.9. The van der Waals surface area contributed by atoms with Crippen LogP contribution in [-0.4, -0.2) is 247 Å². The third-order valence-electron chi connectivity index (χ3n) is 17.8. The van der Waals surface area contributed by atoms with Crippen LogP contribution >= 0.6 is 47.8 Å². The van der Waals surface area contributed by atoms with Crippen LogP contribution in [0.2, 0.25) is 0 Å². The number of hydrogen-bond acceptors (Lipinski definition) is 23. The second kappa shape index (κ2) is 69.9. The number of nitrogens with one attached hydrogen (secondary N) is 8. The molecule has 0 bridgehead atoms. The van der Waals surface area contributed by atoms with Crippen molar-refractivity contribution < 1.29 is 116 Å². The van der Waals surface area contributed by atoms with Crippen LogP contribution in [0.5, 0.6) is 0 Å². The lowest BCUT2D eigenvalue weighted by molar-refractivity contribution is -0.144. The van der Waals surface area contributed by atoms with Crippen molar-refractivity contribution in [3.63, 3.8) is 0 Å². The Balaban J connectivity index is 0.00000169. The Bertz CT molecular complexity index is 3720. The summed E-state index contributed by atoms with van der Waals surface area (Å²) in [6, 6.07) is 15.8. The summed E-state index contributed by atoms with van der Waals surface area (Å²) in [7, 11) is 0. The summed E-state index contributed by atoms with van der Waals surface area (Å²) in [5.41, 5.74) is 13.8. The minimum Gasteiger partial charge on any atom is -0.481 e. The summed E-state index contributed by atoms with van der Waals surface area (Å²) in [6.07, 6.45) is 9.84. The van der Waals surface area contributed by atoms with Crippen LogP contribution in [-0.2, 0) is 101 Å². The number of hydrogen-bond donors (Lipinski definition) is 14. The molecule has 3 aromatic carbocycles. The molecule has 0 saturated carbocycles. The van der Waals surface area contributed by atoms with E-state index in [9.17, 15) is 86.9 Å². The van der Waals surface area contributed by atoms with Crippen molar-refractivity contribution in [1.29, 1.82) is 0 Å². The van der Waals surface area contributed by atoms with Crippen molar-refractivity contribution in [2.24, 2.45) is 11.5 Å². The Morgan fingerprint density at radius 3 is 1.24 bits per heavy atom. The summed E-state index contributed by atoms with van der Waals surface area (Å²) in [5.74, 6) is -6.61. The number of rotatable bonds is 62. The fourth-order valence-electron chi connectivity index (χ4n) is 11.0. The number of aliphatic carboxylic acids is 4. The molecule has 0 aliphatic carbocycles. The predicted octanol–water partition coefficient (Wildman–Crippen LogP) is 8.11. The number of amides is 9. The Labute approximate surface area is 744 Å². The number of ketones is 5. The van der Waals surface area contributed by atoms with E-state index in [-0.39, 0.29) is 131 Å². The van der Waals surface area contributed by atoms with Gasteiger partial charge in [-0.3, -0.25) is 43.2 Å². The van der Waals surface area contributed by atoms with Gasteiger partial charge in [0.15, 0.2) is 23.1 Å². The molecule has 0 aromatic heterocycles. The minimum absolute atomic E-state index is 0.000944. The molecule has 39 heteroatoms. The second-order valence-electron chi connectivity index (χ2n) is 28.5. The van der Waals surface area contributed by atoms with Gasteiger partial charge in [-0.15, -0.1) is 0 Å². The van der Waals surface area contributed by atoms with E-state index in [4.69, 9.17) is 40.6 Å². The molecule has 0 heterocycles. The monoisotopic (exact) mass is 1920 g/mol. The molecule has 6 atom stereocenters. The number of carboxylic acids is 4. The molecule has 0 unspecified atom stereocenters. The fraction of sp³-hybridized carbons (Fsp3) is 0.571. The Hall–Kier alpha value is -9.48. The smallest absolute Gasteiger partial charge is 0.329 e. The molecule has 3 rings (SSSR count). The Morgan fingerprint density at radius 1 is 0.439 bits per heavy atom. The van der Waals surface area contributed by atoms with Crippen molar-refractivity contribution >= 4 is 142 Å². The molecule has 0 aliphatic rings. The molecule has 9 amide bonds. The average Bonchev–Trinajstić information content (AvgIpc) is 0.891. The van der Waals surface area contributed by atoms with Gasteiger partial charge in [-0.25, -0.2) is 28.8 Å². The van der Waals surface area contributed by atoms with Gasteiger partial charge < -0.3 is 108 Å². The number of carbonyl (C=O) groups is 16. The number of Topliss-reactive ketones (excluding diaryl/α,β-unsaturated/α-hetero) is 5. The summed E-state index contributed by atoms with van der Waals surface area (Å²) in [6.45, 7) is 17.1. The highest BCUT2D eigenvalue weighted by molar-refractivity contribution is 9.11. The molecule has 0 fully saturated rings. The molecule has 123 heavy (non-hydrogen) atoms. The summed E-state index contributed by atoms with van der Waals surface area (Å²) in [5, 5.41) is 56.5. The lowest BCUT2D eigenvalue weighted by Crippen LogP contribution is -2.51. The van der Waals surface area contributed by atoms with Gasteiger partial charge in [-0.1, -0.05) is 110 Å². The van der Waals surface area contributed by atoms with Crippen molar-refractivity contribution in [2.75, 3.05) is 85.5 Å². The number of carbonyl (C=O) groups excluding carboxylic acids is 12. The number of esters is 1. The molecule has 36 nitrogen and oxygen atoms in total. The van der Waals surface area contributed by atoms with Crippen molar-refractivity contribution in [2.45, 2.75) is 226 Å². The molecular formula is C84H127Br3N12O24. The molecule has 0 aliphatic heterocycles. The number of ether oxygens (including phenoxy) is 4. The SMILES string of the molecule is C=CCOC(=O)CCCCOCC(=O)O.CC(=O)CC[C@H](NC(=O)N[C@@H](CCCCNCc1ccc(Br)cc1)C(C)=O)C(C)=O.CCC[C@H](NC(=O)N[C@@H](CCCCN(Cc1ccc(Br)cc1)C(=O)COCCCN)C(C)=O)C(C)=O.NCC(=O)NCCCOCC(=O)N(CCCC[C@H](NC(=O)N[C@@H](CCC(=O)O)C(=O)O)C(=O)O)Cc1ccc(Br)cc1. The second-order valence-corrected chi connectivity index (χ2v) is 31.2. The van der Waals surface area contributed by atoms with E-state index in [0.717, 1.165) is 56.9 Å². The largest absolute Gasteiger partial charge is 0.481 e. The summed E-state index contributed by atoms with van der Waals surface area (Å²) < 4.78 is 23.3. The van der Waals surface area contributed by atoms with Crippen LogP contribution < -0.4 is 54.0 Å². The molecule has 3 aromatic rings.